The molecule has 2 aromatic rings. The zero-order valence-corrected chi connectivity index (χ0v) is 12.5. The third kappa shape index (κ3) is 3.83. The molecule has 1 N–H and O–H groups in total. The largest absolute Gasteiger partial charge is 0.496 e. The van der Waals surface area contributed by atoms with Gasteiger partial charge in [0.2, 0.25) is 0 Å². The van der Waals surface area contributed by atoms with Gasteiger partial charge in [-0.15, -0.1) is 0 Å². The number of benzene rings is 2. The summed E-state index contributed by atoms with van der Waals surface area (Å²) in [5.41, 5.74) is 4.51. The lowest BCUT2D eigenvalue weighted by Crippen LogP contribution is -2.20. The summed E-state index contributed by atoms with van der Waals surface area (Å²) in [6, 6.07) is 14.4. The molecule has 0 aliphatic carbocycles. The summed E-state index contributed by atoms with van der Waals surface area (Å²) in [5.74, 6) is 0.0779. The number of methoxy groups -OCH3 is 1. The number of carbonyl (C=O) groups excluding carboxylic acids is 1. The van der Waals surface area contributed by atoms with Crippen molar-refractivity contribution in [3.8, 4) is 5.75 Å². The van der Waals surface area contributed by atoms with Crippen LogP contribution >= 0.6 is 11.6 Å². The molecule has 0 aliphatic heterocycles. The molecular weight excluding hydrogens is 288 g/mol. The molecule has 2 aromatic carbocycles. The molecule has 0 radical (unpaired) electrons. The minimum Gasteiger partial charge on any atom is -0.496 e. The van der Waals surface area contributed by atoms with E-state index >= 15 is 0 Å². The van der Waals surface area contributed by atoms with Crippen LogP contribution in [0.4, 0.5) is 0 Å². The number of hydrogen-bond donors (Lipinski definition) is 1. The van der Waals surface area contributed by atoms with Crippen LogP contribution in [-0.2, 0) is 0 Å². The first-order valence-corrected chi connectivity index (χ1v) is 6.73. The maximum absolute atomic E-state index is 12.2. The van der Waals surface area contributed by atoms with Crippen LogP contribution in [0.15, 0.2) is 53.6 Å². The number of hydrogen-bond acceptors (Lipinski definition) is 3. The van der Waals surface area contributed by atoms with E-state index in [9.17, 15) is 4.79 Å². The second-order valence-corrected chi connectivity index (χ2v) is 4.79. The van der Waals surface area contributed by atoms with Gasteiger partial charge in [-0.25, -0.2) is 5.43 Å². The van der Waals surface area contributed by atoms with E-state index in [0.717, 1.165) is 5.56 Å². The zero-order chi connectivity index (χ0) is 15.2. The standard InChI is InChI=1S/C16H15ClN2O2/c1-11(12-6-4-3-5-7-12)18-19-16(20)14-10-13(17)8-9-15(14)21-2/h3-10H,1-2H3,(H,19,20). The van der Waals surface area contributed by atoms with Crippen LogP contribution in [0, 0.1) is 0 Å². The van der Waals surface area contributed by atoms with Crippen molar-refractivity contribution in [1.29, 1.82) is 0 Å². The van der Waals surface area contributed by atoms with Crippen molar-refractivity contribution in [3.63, 3.8) is 0 Å². The van der Waals surface area contributed by atoms with Gasteiger partial charge in [0.1, 0.15) is 5.75 Å². The Balaban J connectivity index is 2.17. The lowest BCUT2D eigenvalue weighted by Gasteiger charge is -2.08. The highest BCUT2D eigenvalue weighted by Crippen LogP contribution is 2.22. The fraction of sp³-hybridized carbons (Fsp3) is 0.125. The van der Waals surface area contributed by atoms with Gasteiger partial charge in [-0.3, -0.25) is 4.79 Å². The van der Waals surface area contributed by atoms with Crippen molar-refractivity contribution in [1.82, 2.24) is 5.43 Å². The molecule has 0 heterocycles. The van der Waals surface area contributed by atoms with Gasteiger partial charge in [0.25, 0.3) is 5.91 Å². The monoisotopic (exact) mass is 302 g/mol. The summed E-state index contributed by atoms with van der Waals surface area (Å²) < 4.78 is 5.14. The highest BCUT2D eigenvalue weighted by atomic mass is 35.5. The van der Waals surface area contributed by atoms with Crippen molar-refractivity contribution >= 4 is 23.2 Å². The number of hydrazone groups is 1. The molecule has 0 saturated carbocycles. The van der Waals surface area contributed by atoms with Crippen LogP contribution in [0.2, 0.25) is 5.02 Å². The molecule has 0 aromatic heterocycles. The van der Waals surface area contributed by atoms with Crippen LogP contribution in [-0.4, -0.2) is 18.7 Å². The molecule has 0 spiro atoms. The predicted octanol–water partition coefficient (Wildman–Crippen LogP) is 3.50. The Hall–Kier alpha value is -2.33. The van der Waals surface area contributed by atoms with E-state index in [1.54, 1.807) is 18.2 Å². The Morgan fingerprint density at radius 3 is 2.57 bits per heavy atom. The number of rotatable bonds is 4. The highest BCUT2D eigenvalue weighted by Gasteiger charge is 2.12. The number of amides is 1. The fourth-order valence-corrected chi connectivity index (χ4v) is 1.97. The summed E-state index contributed by atoms with van der Waals surface area (Å²) in [4.78, 5) is 12.2. The molecule has 5 heteroatoms. The van der Waals surface area contributed by atoms with Crippen LogP contribution in [0.25, 0.3) is 0 Å². The molecular formula is C16H15ClN2O2. The van der Waals surface area contributed by atoms with Gasteiger partial charge in [0, 0.05) is 5.02 Å². The smallest absolute Gasteiger partial charge is 0.275 e. The minimum atomic E-state index is -0.371. The molecule has 0 saturated heterocycles. The molecule has 2 rings (SSSR count). The molecule has 0 fully saturated rings. The van der Waals surface area contributed by atoms with Crippen LogP contribution in [0.5, 0.6) is 5.75 Å². The molecule has 4 nitrogen and oxygen atoms in total. The van der Waals surface area contributed by atoms with E-state index in [-0.39, 0.29) is 5.91 Å². The fourth-order valence-electron chi connectivity index (χ4n) is 1.80. The molecule has 0 bridgehead atoms. The topological polar surface area (TPSA) is 50.7 Å². The SMILES string of the molecule is COc1ccc(Cl)cc1C(=O)NN=C(C)c1ccccc1. The first-order chi connectivity index (χ1) is 10.1. The summed E-state index contributed by atoms with van der Waals surface area (Å²) in [5, 5.41) is 4.56. The van der Waals surface area contributed by atoms with Crippen molar-refractivity contribution in [3.05, 3.63) is 64.7 Å². The summed E-state index contributed by atoms with van der Waals surface area (Å²) in [7, 11) is 1.50. The lowest BCUT2D eigenvalue weighted by molar-refractivity contribution is 0.0952. The Morgan fingerprint density at radius 2 is 1.90 bits per heavy atom. The molecule has 108 valence electrons. The van der Waals surface area contributed by atoms with E-state index < -0.39 is 0 Å². The van der Waals surface area contributed by atoms with Crippen molar-refractivity contribution in [2.45, 2.75) is 6.92 Å². The highest BCUT2D eigenvalue weighted by molar-refractivity contribution is 6.31. The molecule has 0 atom stereocenters. The number of nitrogens with one attached hydrogen (secondary N) is 1. The first-order valence-electron chi connectivity index (χ1n) is 6.35. The average molecular weight is 303 g/mol. The van der Waals surface area contributed by atoms with Crippen molar-refractivity contribution in [2.75, 3.05) is 7.11 Å². The minimum absolute atomic E-state index is 0.342. The third-order valence-corrected chi connectivity index (χ3v) is 3.16. The number of nitrogens with zero attached hydrogens (tertiary/aromatic N) is 1. The zero-order valence-electron chi connectivity index (χ0n) is 11.8. The number of halogens is 1. The van der Waals surface area contributed by atoms with Gasteiger partial charge >= 0.3 is 0 Å². The van der Waals surface area contributed by atoms with Gasteiger partial charge in [-0.2, -0.15) is 5.10 Å². The molecule has 21 heavy (non-hydrogen) atoms. The Morgan fingerprint density at radius 1 is 1.19 bits per heavy atom. The third-order valence-electron chi connectivity index (χ3n) is 2.92. The molecule has 0 aliphatic rings. The predicted molar refractivity (Wildman–Crippen MR) is 84.1 cm³/mol. The average Bonchev–Trinajstić information content (AvgIpc) is 2.53. The van der Waals surface area contributed by atoms with Crippen LogP contribution in [0.3, 0.4) is 0 Å². The maximum Gasteiger partial charge on any atom is 0.275 e. The first kappa shape index (κ1) is 15.1. The van der Waals surface area contributed by atoms with Gasteiger partial charge < -0.3 is 4.74 Å². The van der Waals surface area contributed by atoms with Crippen molar-refractivity contribution < 1.29 is 9.53 Å². The van der Waals surface area contributed by atoms with E-state index in [1.807, 2.05) is 37.3 Å². The van der Waals surface area contributed by atoms with E-state index in [0.29, 0.717) is 22.0 Å². The molecule has 0 unspecified atom stereocenters. The quantitative estimate of drug-likeness (QED) is 0.694. The number of ether oxygens (including phenoxy) is 1. The maximum atomic E-state index is 12.2. The van der Waals surface area contributed by atoms with Crippen LogP contribution < -0.4 is 10.2 Å². The Labute approximate surface area is 128 Å². The van der Waals surface area contributed by atoms with E-state index in [1.165, 1.54) is 7.11 Å². The lowest BCUT2D eigenvalue weighted by atomic mass is 10.1. The van der Waals surface area contributed by atoms with Gasteiger partial charge in [-0.05, 0) is 30.7 Å². The summed E-state index contributed by atoms with van der Waals surface area (Å²) in [6.45, 7) is 1.82. The van der Waals surface area contributed by atoms with Gasteiger partial charge in [0.05, 0.1) is 18.4 Å². The van der Waals surface area contributed by atoms with Crippen LogP contribution in [0.1, 0.15) is 22.8 Å². The summed E-state index contributed by atoms with van der Waals surface area (Å²) in [6.07, 6.45) is 0. The van der Waals surface area contributed by atoms with Gasteiger partial charge in [0.15, 0.2) is 0 Å². The normalized spacial score (nSPS) is 11.1. The second-order valence-electron chi connectivity index (χ2n) is 4.35. The number of carbonyl (C=O) groups is 1. The van der Waals surface area contributed by atoms with Crippen molar-refractivity contribution in [2.24, 2.45) is 5.10 Å². The van der Waals surface area contributed by atoms with E-state index in [4.69, 9.17) is 16.3 Å². The van der Waals surface area contributed by atoms with E-state index in [2.05, 4.69) is 10.5 Å². The summed E-state index contributed by atoms with van der Waals surface area (Å²) >= 11 is 5.91. The Bertz CT molecular complexity index is 669. The van der Waals surface area contributed by atoms with Gasteiger partial charge in [-0.1, -0.05) is 41.9 Å². The molecule has 1 amide bonds. The second kappa shape index (κ2) is 6.90. The Kier molecular flexibility index (Phi) is 4.95.